The first-order valence-corrected chi connectivity index (χ1v) is 8.93. The molecule has 0 N–H and O–H groups in total. The second-order valence-corrected chi connectivity index (χ2v) is 10.1. The molecular weight excluding hydrogens is 233 g/mol. The molecule has 0 aliphatic carbocycles. The van der Waals surface area contributed by atoms with Gasteiger partial charge in [-0.1, -0.05) is 41.5 Å². The third-order valence-electron chi connectivity index (χ3n) is 2.53. The molecule has 0 heterocycles. The summed E-state index contributed by atoms with van der Waals surface area (Å²) in [6.45, 7) is 11.5. The first-order valence-electron chi connectivity index (χ1n) is 6.52. The van der Waals surface area contributed by atoms with Gasteiger partial charge in [0.15, 0.2) is 0 Å². The molecule has 0 aliphatic heterocycles. The molecule has 0 bridgehead atoms. The zero-order valence-corrected chi connectivity index (χ0v) is 13.0. The third-order valence-corrected chi connectivity index (χ3v) is 7.58. The second-order valence-electron chi connectivity index (χ2n) is 6.35. The van der Waals surface area contributed by atoms with E-state index in [0.29, 0.717) is 17.8 Å². The van der Waals surface area contributed by atoms with Crippen molar-refractivity contribution in [3.63, 3.8) is 0 Å². The van der Waals surface area contributed by atoms with E-state index in [-0.39, 0.29) is 4.92 Å². The molecule has 0 aromatic heterocycles. The van der Waals surface area contributed by atoms with E-state index in [1.54, 1.807) is 0 Å². The second kappa shape index (κ2) is 7.20. The predicted octanol–water partition coefficient (Wildman–Crippen LogP) is 4.01. The van der Waals surface area contributed by atoms with Gasteiger partial charge in [0.1, 0.15) is 0 Å². The van der Waals surface area contributed by atoms with Gasteiger partial charge < -0.3 is 0 Å². The quantitative estimate of drug-likeness (QED) is 0.395. The Balaban J connectivity index is 5.27. The Morgan fingerprint density at radius 1 is 0.941 bits per heavy atom. The van der Waals surface area contributed by atoms with Crippen molar-refractivity contribution < 1.29 is 4.92 Å². The maximum absolute atomic E-state index is 10.9. The lowest BCUT2D eigenvalue weighted by Crippen LogP contribution is -2.16. The fraction of sp³-hybridized carbons (Fsp3) is 0.923. The van der Waals surface area contributed by atoms with E-state index >= 15 is 0 Å². The molecule has 0 saturated heterocycles. The number of rotatable bonds is 7. The molecule has 0 atom stereocenters. The number of hydrogen-bond donors (Lipinski definition) is 0. The molecule has 0 fully saturated rings. The van der Waals surface area contributed by atoms with E-state index in [1.807, 2.05) is 0 Å². The van der Waals surface area contributed by atoms with Crippen molar-refractivity contribution in [2.75, 3.05) is 18.5 Å². The molecule has 0 unspecified atom stereocenters. The predicted molar refractivity (Wildman–Crippen MR) is 79.1 cm³/mol. The number of hydrogen-bond acceptors (Lipinski definition) is 2. The molecule has 17 heavy (non-hydrogen) atoms. The SMILES string of the molecule is CC(C)CP(=C[N+](=O)[O-])(CC(C)C)CC(C)C. The van der Waals surface area contributed by atoms with Crippen molar-refractivity contribution in [3.8, 4) is 0 Å². The van der Waals surface area contributed by atoms with Gasteiger partial charge in [-0.3, -0.25) is 10.1 Å². The summed E-state index contributed by atoms with van der Waals surface area (Å²) in [6.07, 6.45) is 3.05. The Labute approximate surface area is 106 Å². The van der Waals surface area contributed by atoms with E-state index < -0.39 is 6.89 Å². The van der Waals surface area contributed by atoms with Crippen LogP contribution in [0.3, 0.4) is 0 Å². The zero-order chi connectivity index (χ0) is 13.6. The Hall–Kier alpha value is -0.300. The molecule has 0 radical (unpaired) electrons. The summed E-state index contributed by atoms with van der Waals surface area (Å²) in [5, 5.41) is 10.9. The maximum Gasteiger partial charge on any atom is 0.226 e. The minimum Gasteiger partial charge on any atom is -0.259 e. The van der Waals surface area contributed by atoms with Gasteiger partial charge >= 0.3 is 0 Å². The van der Waals surface area contributed by atoms with Crippen molar-refractivity contribution in [1.82, 2.24) is 0 Å². The summed E-state index contributed by atoms with van der Waals surface area (Å²) in [6, 6.07) is 0. The molecule has 0 aromatic rings. The van der Waals surface area contributed by atoms with Crippen LogP contribution in [0.1, 0.15) is 41.5 Å². The highest BCUT2D eigenvalue weighted by atomic mass is 31.2. The van der Waals surface area contributed by atoms with Gasteiger partial charge in [0, 0.05) is 0 Å². The minimum atomic E-state index is -1.54. The van der Waals surface area contributed by atoms with E-state index in [1.165, 1.54) is 5.92 Å². The van der Waals surface area contributed by atoms with Crippen LogP contribution in [0, 0.1) is 27.9 Å². The zero-order valence-electron chi connectivity index (χ0n) is 12.1. The van der Waals surface area contributed by atoms with Crippen LogP contribution in [0.25, 0.3) is 0 Å². The summed E-state index contributed by atoms with van der Waals surface area (Å²) < 4.78 is 0. The molecule has 0 rings (SSSR count). The first-order chi connectivity index (χ1) is 7.67. The van der Waals surface area contributed by atoms with Gasteiger partial charge in [-0.2, -0.15) is 0 Å². The molecular formula is C13H28NO2P. The molecule has 0 spiro atoms. The first kappa shape index (κ1) is 16.7. The topological polar surface area (TPSA) is 43.1 Å². The van der Waals surface area contributed by atoms with Crippen LogP contribution in [0.5, 0.6) is 0 Å². The van der Waals surface area contributed by atoms with Crippen LogP contribution in [0.4, 0.5) is 0 Å². The third kappa shape index (κ3) is 7.59. The van der Waals surface area contributed by atoms with Gasteiger partial charge in [0.05, 0.1) is 4.92 Å². The fourth-order valence-corrected chi connectivity index (χ4v) is 8.24. The van der Waals surface area contributed by atoms with E-state index in [4.69, 9.17) is 0 Å². The van der Waals surface area contributed by atoms with E-state index in [0.717, 1.165) is 18.5 Å². The van der Waals surface area contributed by atoms with E-state index in [9.17, 15) is 10.1 Å². The molecule has 0 aliphatic rings. The number of nitrogens with zero attached hydrogens (tertiary/aromatic N) is 1. The van der Waals surface area contributed by atoms with Crippen LogP contribution in [0.2, 0.25) is 0 Å². The van der Waals surface area contributed by atoms with Crippen molar-refractivity contribution in [3.05, 3.63) is 10.1 Å². The molecule has 0 saturated carbocycles. The maximum atomic E-state index is 10.9. The largest absolute Gasteiger partial charge is 0.259 e. The summed E-state index contributed by atoms with van der Waals surface area (Å²) in [5.74, 6) is 3.10. The smallest absolute Gasteiger partial charge is 0.226 e. The lowest BCUT2D eigenvalue weighted by molar-refractivity contribution is -0.335. The fourth-order valence-electron chi connectivity index (χ4n) is 2.75. The molecule has 0 amide bonds. The Morgan fingerprint density at radius 3 is 1.41 bits per heavy atom. The average molecular weight is 261 g/mol. The lowest BCUT2D eigenvalue weighted by Gasteiger charge is -2.28. The highest BCUT2D eigenvalue weighted by Crippen LogP contribution is 2.51. The van der Waals surface area contributed by atoms with Gasteiger partial charge in [-0.25, -0.2) is 0 Å². The summed E-state index contributed by atoms with van der Waals surface area (Å²) in [5.41, 5.74) is 0. The van der Waals surface area contributed by atoms with Crippen molar-refractivity contribution in [1.29, 1.82) is 0 Å². The van der Waals surface area contributed by atoms with Crippen LogP contribution < -0.4 is 0 Å². The summed E-state index contributed by atoms with van der Waals surface area (Å²) in [7, 11) is 0. The highest BCUT2D eigenvalue weighted by molar-refractivity contribution is 7.74. The average Bonchev–Trinajstić information content (AvgIpc) is 1.95. The van der Waals surface area contributed by atoms with E-state index in [2.05, 4.69) is 41.5 Å². The van der Waals surface area contributed by atoms with Crippen molar-refractivity contribution >= 4 is 12.8 Å². The van der Waals surface area contributed by atoms with Crippen LogP contribution in [0.15, 0.2) is 0 Å². The van der Waals surface area contributed by atoms with Gasteiger partial charge in [-0.05, 0) is 43.1 Å². The monoisotopic (exact) mass is 261 g/mol. The normalized spacial score (nSPS) is 12.5. The summed E-state index contributed by atoms with van der Waals surface area (Å²) in [4.78, 5) is 10.7. The van der Waals surface area contributed by atoms with Gasteiger partial charge in [0.25, 0.3) is 0 Å². The minimum absolute atomic E-state index is 0.194. The molecule has 102 valence electrons. The van der Waals surface area contributed by atoms with Crippen LogP contribution in [-0.4, -0.2) is 29.3 Å². The standard InChI is InChI=1S/C13H28NO2P/c1-11(2)7-17(8-12(3)4,9-13(5)6)10-14(15)16/h10-13H,7-9H2,1-6H3. The van der Waals surface area contributed by atoms with Crippen LogP contribution in [-0.2, 0) is 0 Å². The van der Waals surface area contributed by atoms with Gasteiger partial charge in [-0.15, -0.1) is 0 Å². The van der Waals surface area contributed by atoms with Crippen molar-refractivity contribution in [2.24, 2.45) is 17.8 Å². The molecule has 0 aromatic carbocycles. The van der Waals surface area contributed by atoms with Crippen molar-refractivity contribution in [2.45, 2.75) is 41.5 Å². The Bertz CT molecular complexity index is 263. The Kier molecular flexibility index (Phi) is 7.08. The highest BCUT2D eigenvalue weighted by Gasteiger charge is 2.25. The van der Waals surface area contributed by atoms with Gasteiger partial charge in [0.2, 0.25) is 5.92 Å². The summed E-state index contributed by atoms with van der Waals surface area (Å²) >= 11 is 0. The lowest BCUT2D eigenvalue weighted by atomic mass is 10.3. The number of nitro groups is 1. The Morgan fingerprint density at radius 2 is 1.24 bits per heavy atom. The molecule has 3 nitrogen and oxygen atoms in total. The molecule has 4 heteroatoms. The van der Waals surface area contributed by atoms with Crippen LogP contribution >= 0.6 is 6.89 Å².